The van der Waals surface area contributed by atoms with Crippen LogP contribution in [0.5, 0.6) is 0 Å². The van der Waals surface area contributed by atoms with Crippen LogP contribution in [0.3, 0.4) is 0 Å². The molecule has 0 bridgehead atoms. The van der Waals surface area contributed by atoms with Crippen LogP contribution in [0.15, 0.2) is 11.6 Å². The Hall–Kier alpha value is -1.75. The van der Waals surface area contributed by atoms with Gasteiger partial charge in [-0.15, -0.1) is 0 Å². The van der Waals surface area contributed by atoms with E-state index in [1.165, 1.54) is 13.8 Å². The van der Waals surface area contributed by atoms with E-state index >= 15 is 4.79 Å². The molecule has 90 heavy (non-hydrogen) atoms. The Morgan fingerprint density at radius 1 is 0.533 bits per heavy atom. The number of allylic oxidation sites excluding steroid dienone is 1. The van der Waals surface area contributed by atoms with Gasteiger partial charge in [0.2, 0.25) is 0 Å². The van der Waals surface area contributed by atoms with Crippen LogP contribution in [-0.2, 0) is 52.2 Å². The summed E-state index contributed by atoms with van der Waals surface area (Å²) < 4.78 is 59.1. The summed E-state index contributed by atoms with van der Waals surface area (Å²) in [4.78, 5) is 15.2. The van der Waals surface area contributed by atoms with Gasteiger partial charge in [0.1, 0.15) is 122 Å². The maximum Gasteiger partial charge on any atom is 0.187 e. The van der Waals surface area contributed by atoms with Gasteiger partial charge in [-0.2, -0.15) is 0 Å². The molecule has 4 aliphatic carbocycles. The molecule has 5 saturated heterocycles. The van der Waals surface area contributed by atoms with Crippen molar-refractivity contribution in [1.82, 2.24) is 0 Å². The minimum absolute atomic E-state index is 0.0979. The number of hydrogen-bond donors (Lipinski definition) is 19. The lowest BCUT2D eigenvalue weighted by molar-refractivity contribution is -0.380. The van der Waals surface area contributed by atoms with E-state index in [9.17, 15) is 97.0 Å². The molecular formula is C60H100O30. The van der Waals surface area contributed by atoms with Gasteiger partial charge in [0.05, 0.1) is 56.9 Å². The first-order valence-corrected chi connectivity index (χ1v) is 31.5. The lowest BCUT2D eigenvalue weighted by Gasteiger charge is -2.66. The van der Waals surface area contributed by atoms with Gasteiger partial charge in [-0.05, 0) is 93.5 Å². The third kappa shape index (κ3) is 12.9. The zero-order chi connectivity index (χ0) is 66.4. The van der Waals surface area contributed by atoms with Crippen LogP contribution < -0.4 is 0 Å². The summed E-state index contributed by atoms with van der Waals surface area (Å²) in [5, 5.41) is 205. The molecule has 9 aliphatic rings. The Morgan fingerprint density at radius 2 is 0.967 bits per heavy atom. The monoisotopic (exact) mass is 1300 g/mol. The number of carbonyl (C=O) groups is 1. The highest BCUT2D eigenvalue weighted by Crippen LogP contribution is 2.74. The third-order valence-electron chi connectivity index (χ3n) is 22.6. The van der Waals surface area contributed by atoms with Gasteiger partial charge < -0.3 is 144 Å². The summed E-state index contributed by atoms with van der Waals surface area (Å²) in [6.45, 7) is 11.5. The lowest BCUT2D eigenvalue weighted by Crippen LogP contribution is -2.67. The molecule has 0 spiro atoms. The Kier molecular flexibility index (Phi) is 22.3. The fourth-order valence-corrected chi connectivity index (χ4v) is 16.8. The van der Waals surface area contributed by atoms with Crippen LogP contribution >= 0.6 is 0 Å². The second kappa shape index (κ2) is 27.6. The summed E-state index contributed by atoms with van der Waals surface area (Å²) in [5.74, 6) is -1.37. The van der Waals surface area contributed by atoms with E-state index < -0.39 is 238 Å². The van der Waals surface area contributed by atoms with Gasteiger partial charge in [-0.25, -0.2) is 0 Å². The molecular weight excluding hydrogens is 1200 g/mol. The van der Waals surface area contributed by atoms with E-state index in [-0.39, 0.29) is 30.0 Å². The molecule has 8 fully saturated rings. The minimum Gasteiger partial charge on any atom is -0.394 e. The lowest BCUT2D eigenvalue weighted by atomic mass is 9.38. The molecule has 9 rings (SSSR count). The van der Waals surface area contributed by atoms with Crippen LogP contribution in [0.25, 0.3) is 0 Å². The zero-order valence-corrected chi connectivity index (χ0v) is 52.0. The van der Waals surface area contributed by atoms with Crippen LogP contribution in [-0.4, -0.2) is 313 Å². The Bertz CT molecular complexity index is 2430. The second-order valence-corrected chi connectivity index (χ2v) is 28.7. The van der Waals surface area contributed by atoms with Crippen molar-refractivity contribution in [1.29, 1.82) is 0 Å². The number of hydrogen-bond acceptors (Lipinski definition) is 30. The van der Waals surface area contributed by atoms with Gasteiger partial charge in [-0.3, -0.25) is 4.79 Å². The maximum atomic E-state index is 15.2. The Labute approximate surface area is 521 Å². The largest absolute Gasteiger partial charge is 0.394 e. The molecule has 0 radical (unpaired) electrons. The first-order valence-electron chi connectivity index (χ1n) is 31.5. The molecule has 35 atom stereocenters. The standard InChI is InChI=1S/C60H100O30/c1-22(9-11-34(57(4,5)80)89-55-49(90-54-48(79)42(73)37(68)29(19-63)85-54)44(75)39(70)31(87-55)21-82-52-46(77)41(72)36(67)28(18-62)84-52)23-13-14-58(6)50-26(64)15-25-24(60(50,8)32(65)16-59(23,58)7)10-12-33(56(25,2)3)88-53-47(78)43(74)38(69)30(86-53)20-81-51-45(76)40(71)35(66)27(17-61)83-51/h15,22-24,27-55,61-63,65-80H,9-14,16-21H2,1-8H3/t22-,23?,24?,27-,28-,29+,30-,31-,32-,33+,34-,35-,36-,37+,38-,39-,40+,41+,42-,43+,44+,45-,46-,47-,48+,49-,50?,51-,52-,53+,54-,55+,58+,59-,60-/m1/s1. The fourth-order valence-electron chi connectivity index (χ4n) is 16.8. The number of aliphatic hydroxyl groups excluding tert-OH is 18. The summed E-state index contributed by atoms with van der Waals surface area (Å²) in [7, 11) is 0. The third-order valence-corrected chi connectivity index (χ3v) is 22.6. The molecule has 0 aromatic rings. The van der Waals surface area contributed by atoms with E-state index in [1.807, 2.05) is 27.7 Å². The van der Waals surface area contributed by atoms with Gasteiger partial charge in [0.25, 0.3) is 0 Å². The van der Waals surface area contributed by atoms with E-state index in [1.54, 1.807) is 6.08 Å². The van der Waals surface area contributed by atoms with E-state index in [2.05, 4.69) is 13.8 Å². The summed E-state index contributed by atoms with van der Waals surface area (Å²) >= 11 is 0. The topological polar surface area (TPSA) is 494 Å². The molecule has 30 heteroatoms. The van der Waals surface area contributed by atoms with Crippen molar-refractivity contribution in [2.24, 2.45) is 45.3 Å². The molecule has 5 heterocycles. The average Bonchev–Trinajstić information content (AvgIpc) is 1.28. The normalized spacial score (nSPS) is 51.4. The molecule has 0 amide bonds. The molecule has 30 nitrogen and oxygen atoms in total. The molecule has 520 valence electrons. The number of carbonyl (C=O) groups excluding carboxylic acids is 1. The first kappa shape index (κ1) is 72.5. The number of ketones is 1. The number of rotatable bonds is 20. The van der Waals surface area contributed by atoms with Crippen LogP contribution in [0, 0.1) is 45.3 Å². The van der Waals surface area contributed by atoms with Gasteiger partial charge in [-0.1, -0.05) is 47.1 Å². The van der Waals surface area contributed by atoms with Crippen molar-refractivity contribution in [3.63, 3.8) is 0 Å². The number of fused-ring (bicyclic) bond motifs is 5. The molecule has 0 aromatic carbocycles. The minimum atomic E-state index is -1.99. The molecule has 0 aromatic heterocycles. The van der Waals surface area contributed by atoms with E-state index in [4.69, 9.17) is 47.4 Å². The second-order valence-electron chi connectivity index (χ2n) is 28.7. The maximum absolute atomic E-state index is 15.2. The smallest absolute Gasteiger partial charge is 0.187 e. The van der Waals surface area contributed by atoms with Crippen molar-refractivity contribution < 1.29 is 149 Å². The summed E-state index contributed by atoms with van der Waals surface area (Å²) in [5.41, 5.74) is -4.12. The van der Waals surface area contributed by atoms with Crippen molar-refractivity contribution in [3.05, 3.63) is 11.6 Å². The van der Waals surface area contributed by atoms with E-state index in [0.717, 1.165) is 5.57 Å². The highest BCUT2D eigenvalue weighted by Gasteiger charge is 2.72. The van der Waals surface area contributed by atoms with E-state index in [0.29, 0.717) is 38.5 Å². The number of ether oxygens (including phenoxy) is 10. The van der Waals surface area contributed by atoms with Crippen LogP contribution in [0.1, 0.15) is 100 Å². The zero-order valence-electron chi connectivity index (χ0n) is 52.0. The molecule has 3 saturated carbocycles. The van der Waals surface area contributed by atoms with Crippen molar-refractivity contribution in [2.45, 2.75) is 278 Å². The van der Waals surface area contributed by atoms with Gasteiger partial charge in [0, 0.05) is 16.7 Å². The predicted molar refractivity (Wildman–Crippen MR) is 301 cm³/mol. The quantitative estimate of drug-likeness (QED) is 0.0539. The molecule has 3 unspecified atom stereocenters. The molecule has 5 aliphatic heterocycles. The van der Waals surface area contributed by atoms with Gasteiger partial charge >= 0.3 is 0 Å². The van der Waals surface area contributed by atoms with Crippen molar-refractivity contribution in [2.75, 3.05) is 33.0 Å². The van der Waals surface area contributed by atoms with Gasteiger partial charge in [0.15, 0.2) is 37.2 Å². The number of aliphatic hydroxyl groups is 19. The summed E-state index contributed by atoms with van der Waals surface area (Å²) in [6.07, 6.45) is -40.9. The first-order chi connectivity index (χ1) is 42.0. The summed E-state index contributed by atoms with van der Waals surface area (Å²) in [6, 6.07) is 0. The Morgan fingerprint density at radius 3 is 1.46 bits per heavy atom. The van der Waals surface area contributed by atoms with Crippen molar-refractivity contribution >= 4 is 5.78 Å². The SMILES string of the molecule is C[C@H](CC[C@@H](O[C@@H]1O[C@H](CO[C@@H]2O[C@H](CO)[C@@H](O)[C@H](O)[C@H]2O)[C@@H](O)[C@H](O)[C@H]1O[C@H]1O[C@@H](CO)[C@H](O)[C@@H](O)[C@@H]1O)C(C)(C)O)C1CC[C@@]2(C)C3C(=O)C=C4C(CC[C@H](O[C@@H]5O[C@H](CO[C@@H]6O[C@H](CO)[C@@H](O)[C@H](O)[C@H]6O)[C@@H](O)[C@H](O)[C@H]5O)C4(C)C)[C@]3(C)[C@H](O)C[C@]12C. The van der Waals surface area contributed by atoms with Crippen LogP contribution in [0.4, 0.5) is 0 Å². The fraction of sp³-hybridized carbons (Fsp3) is 0.950. The highest BCUT2D eigenvalue weighted by atomic mass is 16.8. The highest BCUT2D eigenvalue weighted by molar-refractivity contribution is 5.95. The molecule has 19 N–H and O–H groups in total. The predicted octanol–water partition coefficient (Wildman–Crippen LogP) is -6.23. The van der Waals surface area contributed by atoms with Crippen molar-refractivity contribution in [3.8, 4) is 0 Å². The van der Waals surface area contributed by atoms with Crippen LogP contribution in [0.2, 0.25) is 0 Å². The Balaban J connectivity index is 0.896. The average molecular weight is 1300 g/mol.